The van der Waals surface area contributed by atoms with Gasteiger partial charge in [-0.2, -0.15) is 0 Å². The quantitative estimate of drug-likeness (QED) is 0.0297. The lowest BCUT2D eigenvalue weighted by Crippen LogP contribution is -2.27. The van der Waals surface area contributed by atoms with Gasteiger partial charge >= 0.3 is 5.97 Å². The van der Waals surface area contributed by atoms with E-state index in [-0.39, 0.29) is 34.8 Å². The predicted molar refractivity (Wildman–Crippen MR) is 250 cm³/mol. The maximum absolute atomic E-state index is 14.0. The molecule has 330 valence electrons. The number of fused-ring (bicyclic) bond motifs is 2. The Bertz CT molecular complexity index is 1910. The highest BCUT2D eigenvalue weighted by Crippen LogP contribution is 2.44. The zero-order valence-electron chi connectivity index (χ0n) is 37.8. The molecule has 0 bridgehead atoms. The Morgan fingerprint density at radius 3 is 1.72 bits per heavy atom. The number of carbonyl (C=O) groups is 2. The fraction of sp³-hybridized carbons (Fsp3) is 0.604. The average molecular weight is 824 g/mol. The molecule has 1 aliphatic carbocycles. The van der Waals surface area contributed by atoms with Crippen LogP contribution in [-0.4, -0.2) is 30.1 Å². The highest BCUT2D eigenvalue weighted by atomic mass is 16.5. The van der Waals surface area contributed by atoms with E-state index in [1.54, 1.807) is 19.1 Å². The van der Waals surface area contributed by atoms with Crippen LogP contribution in [0.2, 0.25) is 0 Å². The summed E-state index contributed by atoms with van der Waals surface area (Å²) in [5.41, 5.74) is 4.13. The molecule has 0 saturated carbocycles. The maximum Gasteiger partial charge on any atom is 0.339 e. The van der Waals surface area contributed by atoms with Crippen LogP contribution < -0.4 is 10.7 Å². The van der Waals surface area contributed by atoms with Gasteiger partial charge in [0.05, 0.1) is 17.7 Å². The molecule has 4 rings (SSSR count). The Balaban J connectivity index is 1.53. The molecule has 2 aliphatic rings. The molecule has 0 radical (unpaired) electrons. The second-order valence-electron chi connectivity index (χ2n) is 17.0. The lowest BCUT2D eigenvalue weighted by Gasteiger charge is -2.20. The van der Waals surface area contributed by atoms with Crippen LogP contribution in [0.1, 0.15) is 214 Å². The average Bonchev–Trinajstić information content (AvgIpc) is 3.24. The second-order valence-corrected chi connectivity index (χ2v) is 17.0. The Kier molecular flexibility index (Phi) is 22.4. The summed E-state index contributed by atoms with van der Waals surface area (Å²) < 4.78 is 12.0. The fourth-order valence-corrected chi connectivity index (χ4v) is 8.56. The standard InChI is InChI=1S/C53H77NO6/c1-5-9-12-15-16-17-18-19-20-21-22-23-24-25-26-29-35-54-52(57)43-34-30-33-42(51(43)53(58)59-8-4)50-44-36-40(31-27-13-10-6-2)46(55)38-48(44)60-49-39-47(56)41(37-45(49)50)32-28-14-11-7-3/h30,33-34,36-39,55H,5-29,31-32,35H2,1-4H3,(H,54,57). The van der Waals surface area contributed by atoms with Crippen LogP contribution in [0.4, 0.5) is 0 Å². The Hall–Kier alpha value is -4.13. The van der Waals surface area contributed by atoms with E-state index in [0.717, 1.165) is 76.2 Å². The van der Waals surface area contributed by atoms with Crippen molar-refractivity contribution in [2.45, 2.75) is 195 Å². The highest BCUT2D eigenvalue weighted by molar-refractivity contribution is 6.13. The molecule has 60 heavy (non-hydrogen) atoms. The number of rotatable bonds is 31. The molecule has 1 aliphatic heterocycles. The normalized spacial score (nSPS) is 11.5. The van der Waals surface area contributed by atoms with Crippen LogP contribution in [0.3, 0.4) is 0 Å². The molecule has 7 heteroatoms. The smallest absolute Gasteiger partial charge is 0.339 e. The van der Waals surface area contributed by atoms with Crippen LogP contribution in [0.15, 0.2) is 51.7 Å². The van der Waals surface area contributed by atoms with Gasteiger partial charge in [-0.3, -0.25) is 9.59 Å². The van der Waals surface area contributed by atoms with Crippen molar-refractivity contribution in [3.8, 4) is 28.2 Å². The molecule has 0 fully saturated rings. The summed E-state index contributed by atoms with van der Waals surface area (Å²) in [5.74, 6) is -0.400. The van der Waals surface area contributed by atoms with Crippen LogP contribution in [0, 0.1) is 0 Å². The van der Waals surface area contributed by atoms with Gasteiger partial charge < -0.3 is 19.6 Å². The molecule has 2 aromatic carbocycles. The van der Waals surface area contributed by atoms with Crippen molar-refractivity contribution in [2.75, 3.05) is 13.2 Å². The molecule has 2 aromatic rings. The molecule has 0 unspecified atom stereocenters. The van der Waals surface area contributed by atoms with Gasteiger partial charge in [-0.05, 0) is 68.4 Å². The first-order chi connectivity index (χ1) is 29.3. The molecule has 0 saturated heterocycles. The summed E-state index contributed by atoms with van der Waals surface area (Å²) in [7, 11) is 0. The summed E-state index contributed by atoms with van der Waals surface area (Å²) in [5, 5.41) is 15.0. The van der Waals surface area contributed by atoms with Crippen molar-refractivity contribution < 1.29 is 23.8 Å². The Morgan fingerprint density at radius 1 is 0.617 bits per heavy atom. The monoisotopic (exact) mass is 824 g/mol. The third-order valence-corrected chi connectivity index (χ3v) is 12.1. The number of carbonyl (C=O) groups excluding carboxylic acids is 2. The Labute approximate surface area is 361 Å². The summed E-state index contributed by atoms with van der Waals surface area (Å²) in [6.45, 7) is 9.05. The predicted octanol–water partition coefficient (Wildman–Crippen LogP) is 14.7. The number of unbranched alkanes of at least 4 members (excludes halogenated alkanes) is 21. The van der Waals surface area contributed by atoms with Crippen LogP contribution in [0.5, 0.6) is 5.75 Å². The summed E-state index contributed by atoms with van der Waals surface area (Å²) >= 11 is 0. The number of amides is 1. The van der Waals surface area contributed by atoms with Crippen molar-refractivity contribution in [1.82, 2.24) is 5.32 Å². The lowest BCUT2D eigenvalue weighted by molar-refractivity contribution is 0.0523. The molecule has 1 heterocycles. The molecule has 7 nitrogen and oxygen atoms in total. The second kappa shape index (κ2) is 27.7. The molecule has 2 N–H and O–H groups in total. The first-order valence-corrected chi connectivity index (χ1v) is 24.2. The van der Waals surface area contributed by atoms with Crippen molar-refractivity contribution in [3.63, 3.8) is 0 Å². The third-order valence-electron chi connectivity index (χ3n) is 12.1. The number of benzene rings is 3. The molecular weight excluding hydrogens is 747 g/mol. The Morgan fingerprint density at radius 2 is 1.15 bits per heavy atom. The van der Waals surface area contributed by atoms with Gasteiger partial charge in [-0.15, -0.1) is 0 Å². The van der Waals surface area contributed by atoms with E-state index >= 15 is 0 Å². The number of hydrogen-bond acceptors (Lipinski definition) is 6. The van der Waals surface area contributed by atoms with Gasteiger partial charge in [0.25, 0.3) is 5.91 Å². The van der Waals surface area contributed by atoms with Crippen molar-refractivity contribution in [2.24, 2.45) is 0 Å². The number of aryl methyl sites for hydroxylation is 2. The van der Waals surface area contributed by atoms with E-state index in [4.69, 9.17) is 9.15 Å². The summed E-state index contributed by atoms with van der Waals surface area (Å²) in [4.78, 5) is 41.4. The van der Waals surface area contributed by atoms with E-state index in [9.17, 15) is 19.5 Å². The first kappa shape index (κ1) is 48.5. The zero-order chi connectivity index (χ0) is 43.0. The fourth-order valence-electron chi connectivity index (χ4n) is 8.56. The van der Waals surface area contributed by atoms with Crippen molar-refractivity contribution >= 4 is 22.8 Å². The molecule has 0 spiro atoms. The topological polar surface area (TPSA) is 106 Å². The number of nitrogens with one attached hydrogen (secondary N) is 1. The van der Waals surface area contributed by atoms with Crippen LogP contribution in [-0.2, 0) is 17.6 Å². The molecular formula is C53H77NO6. The number of phenolic OH excluding ortho intramolecular Hbond substituents is 1. The minimum absolute atomic E-state index is 0.0994. The maximum atomic E-state index is 14.0. The van der Waals surface area contributed by atoms with E-state index < -0.39 is 5.97 Å². The largest absolute Gasteiger partial charge is 0.508 e. The third kappa shape index (κ3) is 15.1. The number of aromatic hydroxyl groups is 1. The van der Waals surface area contributed by atoms with E-state index in [1.807, 2.05) is 24.3 Å². The minimum Gasteiger partial charge on any atom is -0.508 e. The molecule has 0 aromatic heterocycles. The van der Waals surface area contributed by atoms with E-state index in [1.165, 1.54) is 89.5 Å². The number of esters is 1. The first-order valence-electron chi connectivity index (χ1n) is 24.2. The number of ether oxygens (including phenoxy) is 1. The van der Waals surface area contributed by atoms with Gasteiger partial charge in [-0.25, -0.2) is 4.79 Å². The SMILES string of the molecule is CCCCCCCCCCCCCCCCCCNC(=O)c1cccc(-c2c3cc(CCCCCC)c(=O)cc-3oc3cc(O)c(CCCCCC)cc23)c1C(=O)OCC. The summed E-state index contributed by atoms with van der Waals surface area (Å²) in [6.07, 6.45) is 30.3. The molecule has 1 amide bonds. The molecule has 0 atom stereocenters. The number of phenols is 1. The zero-order valence-corrected chi connectivity index (χ0v) is 37.8. The van der Waals surface area contributed by atoms with E-state index in [0.29, 0.717) is 58.4 Å². The highest BCUT2D eigenvalue weighted by Gasteiger charge is 2.28. The van der Waals surface area contributed by atoms with Crippen LogP contribution >= 0.6 is 0 Å². The minimum atomic E-state index is -0.582. The van der Waals surface area contributed by atoms with Crippen molar-refractivity contribution in [3.05, 3.63) is 74.9 Å². The van der Waals surface area contributed by atoms with E-state index in [2.05, 4.69) is 26.1 Å². The van der Waals surface area contributed by atoms with Gasteiger partial charge in [0.2, 0.25) is 0 Å². The van der Waals surface area contributed by atoms with Crippen molar-refractivity contribution in [1.29, 1.82) is 0 Å². The van der Waals surface area contributed by atoms with Gasteiger partial charge in [-0.1, -0.05) is 168 Å². The lowest BCUT2D eigenvalue weighted by atomic mass is 9.86. The van der Waals surface area contributed by atoms with Gasteiger partial charge in [0, 0.05) is 40.8 Å². The summed E-state index contributed by atoms with van der Waals surface area (Å²) in [6, 6.07) is 12.4. The van der Waals surface area contributed by atoms with Crippen LogP contribution in [0.25, 0.3) is 33.4 Å². The van der Waals surface area contributed by atoms with Gasteiger partial charge in [0.15, 0.2) is 5.43 Å². The van der Waals surface area contributed by atoms with Gasteiger partial charge in [0.1, 0.15) is 17.1 Å². The number of hydrogen-bond donors (Lipinski definition) is 2.